The van der Waals surface area contributed by atoms with Gasteiger partial charge in [-0.25, -0.2) is 4.79 Å². The molecule has 2 rings (SSSR count). The van der Waals surface area contributed by atoms with E-state index in [0.29, 0.717) is 26.4 Å². The van der Waals surface area contributed by atoms with Crippen molar-refractivity contribution in [2.45, 2.75) is 6.92 Å². The maximum atomic E-state index is 12.1. The zero-order valence-electron chi connectivity index (χ0n) is 12.3. The van der Waals surface area contributed by atoms with E-state index in [1.54, 1.807) is 18.2 Å². The van der Waals surface area contributed by atoms with E-state index in [9.17, 15) is 9.59 Å². The van der Waals surface area contributed by atoms with Crippen LogP contribution in [0.4, 0.5) is 0 Å². The third kappa shape index (κ3) is 5.22. The Labute approximate surface area is 142 Å². The van der Waals surface area contributed by atoms with Gasteiger partial charge in [0.05, 0.1) is 13.2 Å². The van der Waals surface area contributed by atoms with Gasteiger partial charge in [-0.1, -0.05) is 0 Å². The molecule has 1 aromatic carbocycles. The maximum absolute atomic E-state index is 12.1. The molecule has 7 heteroatoms. The molecule has 0 atom stereocenters. The first-order valence-electron chi connectivity index (χ1n) is 7.01. The quantitative estimate of drug-likeness (QED) is 0.412. The van der Waals surface area contributed by atoms with Crippen LogP contribution in [0.15, 0.2) is 18.2 Å². The first-order chi connectivity index (χ1) is 10.6. The fourth-order valence-corrected chi connectivity index (χ4v) is 2.54. The van der Waals surface area contributed by atoms with Crippen molar-refractivity contribution in [2.75, 3.05) is 39.5 Å². The van der Waals surface area contributed by atoms with Gasteiger partial charge in [0.2, 0.25) is 0 Å². The van der Waals surface area contributed by atoms with Crippen LogP contribution in [0.2, 0.25) is 0 Å². The van der Waals surface area contributed by atoms with E-state index in [0.717, 1.165) is 16.7 Å². The lowest BCUT2D eigenvalue weighted by Crippen LogP contribution is -2.38. The third-order valence-corrected chi connectivity index (χ3v) is 3.83. The van der Waals surface area contributed by atoms with Crippen molar-refractivity contribution in [1.82, 2.24) is 4.90 Å². The number of carbonyl (C=O) groups excluding carboxylic acids is 2. The molecule has 0 saturated carbocycles. The highest BCUT2D eigenvalue weighted by molar-refractivity contribution is 14.1. The summed E-state index contributed by atoms with van der Waals surface area (Å²) in [7, 11) is 0. The molecule has 1 saturated heterocycles. The predicted molar refractivity (Wildman–Crippen MR) is 88.0 cm³/mol. The van der Waals surface area contributed by atoms with Gasteiger partial charge in [0.15, 0.2) is 0 Å². The maximum Gasteiger partial charge on any atom is 0.341 e. The van der Waals surface area contributed by atoms with Crippen LogP contribution in [0.25, 0.3) is 0 Å². The van der Waals surface area contributed by atoms with Crippen molar-refractivity contribution >= 4 is 34.5 Å². The number of hydrogen-bond donors (Lipinski definition) is 0. The highest BCUT2D eigenvalue weighted by Crippen LogP contribution is 2.22. The van der Waals surface area contributed by atoms with Crippen molar-refractivity contribution in [2.24, 2.45) is 0 Å². The lowest BCUT2D eigenvalue weighted by Gasteiger charge is -2.26. The van der Waals surface area contributed by atoms with E-state index in [2.05, 4.69) is 27.5 Å². The van der Waals surface area contributed by atoms with Crippen molar-refractivity contribution in [3.05, 3.63) is 27.3 Å². The molecule has 0 N–H and O–H groups in total. The number of nitrogens with zero attached hydrogens (tertiary/aromatic N) is 1. The first-order valence-corrected chi connectivity index (χ1v) is 8.09. The minimum atomic E-state index is -0.485. The Bertz CT molecular complexity index is 543. The van der Waals surface area contributed by atoms with Crippen LogP contribution in [0, 0.1) is 3.57 Å². The van der Waals surface area contributed by atoms with E-state index in [4.69, 9.17) is 14.2 Å². The molecule has 0 aromatic heterocycles. The standard InChI is InChI=1S/C15H18INO5/c1-11(18)22-14-10-12(16)2-3-13(14)15(19)21-9-6-17-4-7-20-8-5-17/h2-3,10H,4-9H2,1H3. The molecule has 6 nitrogen and oxygen atoms in total. The average Bonchev–Trinajstić information content (AvgIpc) is 2.47. The van der Waals surface area contributed by atoms with Crippen molar-refractivity contribution in [3.63, 3.8) is 0 Å². The van der Waals surface area contributed by atoms with Gasteiger partial charge in [0.25, 0.3) is 0 Å². The zero-order valence-corrected chi connectivity index (χ0v) is 14.5. The molecule has 1 heterocycles. The summed E-state index contributed by atoms with van der Waals surface area (Å²) in [6, 6.07) is 5.02. The fraction of sp³-hybridized carbons (Fsp3) is 0.467. The summed E-state index contributed by atoms with van der Waals surface area (Å²) < 4.78 is 16.5. The van der Waals surface area contributed by atoms with Crippen LogP contribution in [0.3, 0.4) is 0 Å². The molecule has 0 aliphatic carbocycles. The molecular weight excluding hydrogens is 401 g/mol. The molecule has 22 heavy (non-hydrogen) atoms. The highest BCUT2D eigenvalue weighted by atomic mass is 127. The zero-order chi connectivity index (χ0) is 15.9. The Kier molecular flexibility index (Phi) is 6.59. The summed E-state index contributed by atoms with van der Waals surface area (Å²) in [5, 5.41) is 0. The Morgan fingerprint density at radius 3 is 2.73 bits per heavy atom. The van der Waals surface area contributed by atoms with E-state index >= 15 is 0 Å². The van der Waals surface area contributed by atoms with Gasteiger partial charge in [0.1, 0.15) is 17.9 Å². The number of halogens is 1. The Morgan fingerprint density at radius 1 is 1.32 bits per heavy atom. The average molecular weight is 419 g/mol. The molecule has 0 unspecified atom stereocenters. The lowest BCUT2D eigenvalue weighted by molar-refractivity contribution is -0.131. The van der Waals surface area contributed by atoms with Crippen LogP contribution in [-0.2, 0) is 14.3 Å². The highest BCUT2D eigenvalue weighted by Gasteiger charge is 2.17. The number of benzene rings is 1. The fourth-order valence-electron chi connectivity index (χ4n) is 2.07. The molecule has 1 aliphatic heterocycles. The van der Waals surface area contributed by atoms with Gasteiger partial charge in [-0.05, 0) is 40.8 Å². The second-order valence-corrected chi connectivity index (χ2v) is 6.07. The lowest BCUT2D eigenvalue weighted by atomic mass is 10.2. The molecule has 120 valence electrons. The van der Waals surface area contributed by atoms with E-state index in [-0.39, 0.29) is 11.3 Å². The largest absolute Gasteiger partial charge is 0.461 e. The smallest absolute Gasteiger partial charge is 0.341 e. The van der Waals surface area contributed by atoms with Crippen molar-refractivity contribution in [1.29, 1.82) is 0 Å². The van der Waals surface area contributed by atoms with Crippen LogP contribution < -0.4 is 4.74 Å². The van der Waals surface area contributed by atoms with Crippen LogP contribution in [0.5, 0.6) is 5.75 Å². The summed E-state index contributed by atoms with van der Waals surface area (Å²) in [5.74, 6) is -0.721. The number of morpholine rings is 1. The Morgan fingerprint density at radius 2 is 2.05 bits per heavy atom. The molecule has 0 bridgehead atoms. The molecule has 1 aliphatic rings. The molecule has 0 spiro atoms. The number of ether oxygens (including phenoxy) is 3. The minimum absolute atomic E-state index is 0.232. The SMILES string of the molecule is CC(=O)Oc1cc(I)ccc1C(=O)OCCN1CCOCC1. The number of hydrogen-bond acceptors (Lipinski definition) is 6. The monoisotopic (exact) mass is 419 g/mol. The second kappa shape index (κ2) is 8.44. The van der Waals surface area contributed by atoms with Gasteiger partial charge in [-0.2, -0.15) is 0 Å². The Balaban J connectivity index is 1.92. The van der Waals surface area contributed by atoms with Gasteiger partial charge < -0.3 is 14.2 Å². The van der Waals surface area contributed by atoms with Gasteiger partial charge in [0, 0.05) is 30.1 Å². The van der Waals surface area contributed by atoms with Crippen LogP contribution >= 0.6 is 22.6 Å². The van der Waals surface area contributed by atoms with Gasteiger partial charge in [-0.15, -0.1) is 0 Å². The molecule has 1 aromatic rings. The number of carbonyl (C=O) groups is 2. The van der Waals surface area contributed by atoms with E-state index < -0.39 is 11.9 Å². The van der Waals surface area contributed by atoms with Crippen molar-refractivity contribution in [3.8, 4) is 5.75 Å². The second-order valence-electron chi connectivity index (χ2n) is 4.82. The third-order valence-electron chi connectivity index (χ3n) is 3.16. The number of esters is 2. The summed E-state index contributed by atoms with van der Waals surface area (Å²) >= 11 is 2.09. The molecule has 1 fully saturated rings. The van der Waals surface area contributed by atoms with Gasteiger partial charge >= 0.3 is 11.9 Å². The first kappa shape index (κ1) is 17.2. The molecule has 0 radical (unpaired) electrons. The summed E-state index contributed by atoms with van der Waals surface area (Å²) in [6.07, 6.45) is 0. The van der Waals surface area contributed by atoms with Crippen LogP contribution in [-0.4, -0.2) is 56.3 Å². The number of rotatable bonds is 5. The normalized spacial score (nSPS) is 15.4. The summed E-state index contributed by atoms with van der Waals surface area (Å²) in [6.45, 7) is 5.38. The predicted octanol–water partition coefficient (Wildman–Crippen LogP) is 1.71. The molecular formula is C15H18INO5. The Hall–Kier alpha value is -1.19. The van der Waals surface area contributed by atoms with E-state index in [1.807, 2.05) is 0 Å². The summed E-state index contributed by atoms with van der Waals surface area (Å²) in [4.78, 5) is 25.4. The van der Waals surface area contributed by atoms with Crippen LogP contribution in [0.1, 0.15) is 17.3 Å². The van der Waals surface area contributed by atoms with Crippen molar-refractivity contribution < 1.29 is 23.8 Å². The minimum Gasteiger partial charge on any atom is -0.461 e. The topological polar surface area (TPSA) is 65.1 Å². The van der Waals surface area contributed by atoms with E-state index in [1.165, 1.54) is 6.92 Å². The summed E-state index contributed by atoms with van der Waals surface area (Å²) in [5.41, 5.74) is 0.262. The molecule has 0 amide bonds. The van der Waals surface area contributed by atoms with Gasteiger partial charge in [-0.3, -0.25) is 9.69 Å².